The van der Waals surface area contributed by atoms with Crippen LogP contribution < -0.4 is 0 Å². The third-order valence-electron chi connectivity index (χ3n) is 1.93. The Labute approximate surface area is 99.2 Å². The van der Waals surface area contributed by atoms with Gasteiger partial charge in [-0.1, -0.05) is 25.3 Å². The second-order valence-electron chi connectivity index (χ2n) is 3.27. The van der Waals surface area contributed by atoms with Crippen LogP contribution in [0.15, 0.2) is 29.7 Å². The fraction of sp³-hybridized carbons (Fsp3) is 0.167. The van der Waals surface area contributed by atoms with Gasteiger partial charge in [-0.15, -0.1) is 0 Å². The Morgan fingerprint density at radius 1 is 1.56 bits per heavy atom. The SMILES string of the molecule is C=C/C=C(/CC(C)=O)c1oc(=S)[nH]c1C=C. The summed E-state index contributed by atoms with van der Waals surface area (Å²) in [6, 6.07) is 0. The first-order chi connectivity index (χ1) is 7.58. The van der Waals surface area contributed by atoms with Crippen LogP contribution in [0.1, 0.15) is 24.8 Å². The maximum atomic E-state index is 11.1. The van der Waals surface area contributed by atoms with Gasteiger partial charge in [-0.3, -0.25) is 4.79 Å². The zero-order chi connectivity index (χ0) is 12.1. The standard InChI is InChI=1S/C12H13NO2S/c1-4-6-9(7-8(3)14)11-10(5-2)13-12(16)15-11/h4-6H,1-2,7H2,3H3,(H,13,16)/b9-6-. The fourth-order valence-corrected chi connectivity index (χ4v) is 1.54. The zero-order valence-corrected chi connectivity index (χ0v) is 9.89. The number of oxazole rings is 1. The molecule has 3 nitrogen and oxygen atoms in total. The van der Waals surface area contributed by atoms with Crippen LogP contribution in [0.2, 0.25) is 0 Å². The Bertz CT molecular complexity index is 505. The molecule has 0 atom stereocenters. The highest BCUT2D eigenvalue weighted by molar-refractivity contribution is 7.71. The quantitative estimate of drug-likeness (QED) is 0.627. The molecule has 0 saturated heterocycles. The van der Waals surface area contributed by atoms with Gasteiger partial charge in [0.15, 0.2) is 5.76 Å². The molecule has 0 aliphatic rings. The number of aromatic nitrogens is 1. The number of carbonyl (C=O) groups excluding carboxylic acids is 1. The Hall–Kier alpha value is -1.68. The van der Waals surface area contributed by atoms with Gasteiger partial charge in [0, 0.05) is 12.0 Å². The molecule has 0 aliphatic carbocycles. The minimum absolute atomic E-state index is 0.0467. The van der Waals surface area contributed by atoms with Gasteiger partial charge in [0.1, 0.15) is 5.78 Å². The molecule has 0 spiro atoms. The van der Waals surface area contributed by atoms with Crippen LogP contribution in [-0.2, 0) is 4.79 Å². The molecule has 0 aromatic carbocycles. The average Bonchev–Trinajstić information content (AvgIpc) is 2.58. The van der Waals surface area contributed by atoms with Crippen LogP contribution >= 0.6 is 12.2 Å². The minimum Gasteiger partial charge on any atom is -0.429 e. The summed E-state index contributed by atoms with van der Waals surface area (Å²) in [6.45, 7) is 8.77. The number of nitrogens with one attached hydrogen (secondary N) is 1. The Morgan fingerprint density at radius 2 is 2.25 bits per heavy atom. The maximum absolute atomic E-state index is 11.1. The van der Waals surface area contributed by atoms with Crippen LogP contribution in [0, 0.1) is 4.84 Å². The number of Topliss-reactive ketones (excluding diaryl/α,β-unsaturated/α-hetero) is 1. The van der Waals surface area contributed by atoms with E-state index in [9.17, 15) is 4.79 Å². The molecular weight excluding hydrogens is 222 g/mol. The van der Waals surface area contributed by atoms with Crippen LogP contribution in [0.5, 0.6) is 0 Å². The van der Waals surface area contributed by atoms with Gasteiger partial charge in [0.25, 0.3) is 4.84 Å². The summed E-state index contributed by atoms with van der Waals surface area (Å²) in [7, 11) is 0. The third kappa shape index (κ3) is 2.90. The lowest BCUT2D eigenvalue weighted by Crippen LogP contribution is -1.94. The van der Waals surface area contributed by atoms with Crippen LogP contribution in [0.3, 0.4) is 0 Å². The number of hydrogen-bond acceptors (Lipinski definition) is 3. The first-order valence-electron chi connectivity index (χ1n) is 4.75. The second kappa shape index (κ2) is 5.42. The van der Waals surface area contributed by atoms with E-state index in [0.717, 1.165) is 5.57 Å². The molecule has 1 heterocycles. The Balaban J connectivity index is 3.25. The third-order valence-corrected chi connectivity index (χ3v) is 2.12. The molecule has 0 aliphatic heterocycles. The molecule has 1 N–H and O–H groups in total. The molecule has 1 aromatic rings. The fourth-order valence-electron chi connectivity index (χ4n) is 1.35. The van der Waals surface area contributed by atoms with Gasteiger partial charge in [-0.2, -0.15) is 0 Å². The molecule has 0 unspecified atom stereocenters. The molecule has 16 heavy (non-hydrogen) atoms. The summed E-state index contributed by atoms with van der Waals surface area (Å²) in [5.41, 5.74) is 1.42. The highest BCUT2D eigenvalue weighted by Gasteiger charge is 2.12. The van der Waals surface area contributed by atoms with E-state index in [0.29, 0.717) is 11.5 Å². The number of carbonyl (C=O) groups is 1. The van der Waals surface area contributed by atoms with Crippen molar-refractivity contribution in [3.05, 3.63) is 41.6 Å². The summed E-state index contributed by atoms with van der Waals surface area (Å²) in [5.74, 6) is 0.598. The van der Waals surface area contributed by atoms with E-state index in [-0.39, 0.29) is 17.0 Å². The molecule has 0 saturated carbocycles. The summed E-state index contributed by atoms with van der Waals surface area (Å²) in [4.78, 5) is 14.2. The normalized spacial score (nSPS) is 11.2. The minimum atomic E-state index is 0.0467. The highest BCUT2D eigenvalue weighted by atomic mass is 32.1. The molecule has 4 heteroatoms. The molecule has 0 bridgehead atoms. The zero-order valence-electron chi connectivity index (χ0n) is 9.08. The van der Waals surface area contributed by atoms with Crippen molar-refractivity contribution >= 4 is 29.7 Å². The molecule has 0 fully saturated rings. The highest BCUT2D eigenvalue weighted by Crippen LogP contribution is 2.23. The van der Waals surface area contributed by atoms with E-state index >= 15 is 0 Å². The average molecular weight is 235 g/mol. The number of allylic oxidation sites excluding steroid dienone is 3. The second-order valence-corrected chi connectivity index (χ2v) is 3.64. The van der Waals surface area contributed by atoms with Gasteiger partial charge in [0.05, 0.1) is 5.69 Å². The smallest absolute Gasteiger partial charge is 0.266 e. The number of H-pyrrole nitrogens is 1. The predicted molar refractivity (Wildman–Crippen MR) is 67.5 cm³/mol. The van der Waals surface area contributed by atoms with Crippen molar-refractivity contribution < 1.29 is 9.21 Å². The molecular formula is C12H13NO2S. The summed E-state index contributed by atoms with van der Waals surface area (Å²) >= 11 is 4.90. The number of rotatable bonds is 5. The van der Waals surface area contributed by atoms with E-state index < -0.39 is 0 Å². The van der Waals surface area contributed by atoms with E-state index in [1.165, 1.54) is 6.92 Å². The van der Waals surface area contributed by atoms with Crippen molar-refractivity contribution in [2.24, 2.45) is 0 Å². The van der Waals surface area contributed by atoms with Crippen molar-refractivity contribution in [3.63, 3.8) is 0 Å². The van der Waals surface area contributed by atoms with Gasteiger partial charge in [-0.25, -0.2) is 0 Å². The van der Waals surface area contributed by atoms with Crippen molar-refractivity contribution in [1.29, 1.82) is 0 Å². The van der Waals surface area contributed by atoms with Crippen molar-refractivity contribution in [2.45, 2.75) is 13.3 Å². The van der Waals surface area contributed by atoms with Crippen LogP contribution in [-0.4, -0.2) is 10.8 Å². The molecule has 1 rings (SSSR count). The molecule has 0 radical (unpaired) electrons. The number of aromatic amines is 1. The molecule has 84 valence electrons. The van der Waals surface area contributed by atoms with Crippen molar-refractivity contribution in [1.82, 2.24) is 4.98 Å². The van der Waals surface area contributed by atoms with Gasteiger partial charge in [-0.05, 0) is 25.2 Å². The first kappa shape index (κ1) is 12.4. The lowest BCUT2D eigenvalue weighted by Gasteiger charge is -2.01. The first-order valence-corrected chi connectivity index (χ1v) is 5.16. The van der Waals surface area contributed by atoms with Gasteiger partial charge >= 0.3 is 0 Å². The summed E-state index contributed by atoms with van der Waals surface area (Å²) in [5, 5.41) is 0. The van der Waals surface area contributed by atoms with Crippen molar-refractivity contribution in [2.75, 3.05) is 0 Å². The van der Waals surface area contributed by atoms with Gasteiger partial charge < -0.3 is 9.40 Å². The van der Waals surface area contributed by atoms with Crippen LogP contribution in [0.4, 0.5) is 0 Å². The topological polar surface area (TPSA) is 46.0 Å². The maximum Gasteiger partial charge on any atom is 0.266 e. The predicted octanol–water partition coefficient (Wildman–Crippen LogP) is 3.53. The Morgan fingerprint density at radius 3 is 2.75 bits per heavy atom. The van der Waals surface area contributed by atoms with E-state index in [1.54, 1.807) is 18.2 Å². The van der Waals surface area contributed by atoms with Crippen molar-refractivity contribution in [3.8, 4) is 0 Å². The van der Waals surface area contributed by atoms with E-state index in [2.05, 4.69) is 18.1 Å². The van der Waals surface area contributed by atoms with Crippen LogP contribution in [0.25, 0.3) is 11.6 Å². The van der Waals surface area contributed by atoms with E-state index in [4.69, 9.17) is 16.6 Å². The summed E-state index contributed by atoms with van der Waals surface area (Å²) in [6.07, 6.45) is 5.22. The lowest BCUT2D eigenvalue weighted by molar-refractivity contribution is -0.116. The number of hydrogen-bond donors (Lipinski definition) is 1. The Kier molecular flexibility index (Phi) is 4.19. The molecule has 1 aromatic heterocycles. The molecule has 0 amide bonds. The largest absolute Gasteiger partial charge is 0.429 e. The lowest BCUT2D eigenvalue weighted by atomic mass is 10.1. The van der Waals surface area contributed by atoms with Gasteiger partial charge in [0.2, 0.25) is 0 Å². The monoisotopic (exact) mass is 235 g/mol. The van der Waals surface area contributed by atoms with E-state index in [1.807, 2.05) is 0 Å². The summed E-state index contributed by atoms with van der Waals surface area (Å²) < 4.78 is 5.34. The number of ketones is 1.